The lowest BCUT2D eigenvalue weighted by molar-refractivity contribution is -0.131. The summed E-state index contributed by atoms with van der Waals surface area (Å²) in [6, 6.07) is 11.6. The van der Waals surface area contributed by atoms with E-state index in [9.17, 15) is 4.79 Å². The van der Waals surface area contributed by atoms with Gasteiger partial charge in [0.2, 0.25) is 0 Å². The minimum Gasteiger partial charge on any atom is -0.490 e. The van der Waals surface area contributed by atoms with Crippen LogP contribution in [-0.2, 0) is 17.8 Å². The van der Waals surface area contributed by atoms with Gasteiger partial charge in [0.05, 0.1) is 6.61 Å². The highest BCUT2D eigenvalue weighted by atomic mass is 79.9. The Morgan fingerprint density at radius 3 is 2.58 bits per heavy atom. The van der Waals surface area contributed by atoms with Crippen LogP contribution in [0.4, 0.5) is 0 Å². The predicted octanol–water partition coefficient (Wildman–Crippen LogP) is 5.25. The Morgan fingerprint density at radius 2 is 1.96 bits per heavy atom. The van der Waals surface area contributed by atoms with Gasteiger partial charge in [0.25, 0.3) is 0 Å². The van der Waals surface area contributed by atoms with Crippen LogP contribution < -0.4 is 9.47 Å². The molecule has 2 rings (SSSR count). The zero-order chi connectivity index (χ0) is 18.9. The van der Waals surface area contributed by atoms with Gasteiger partial charge in [-0.25, -0.2) is 4.79 Å². The van der Waals surface area contributed by atoms with E-state index in [0.717, 1.165) is 27.2 Å². The molecule has 0 aliphatic rings. The molecule has 0 atom stereocenters. The molecule has 4 nitrogen and oxygen atoms in total. The summed E-state index contributed by atoms with van der Waals surface area (Å²) >= 11 is 3.42. The van der Waals surface area contributed by atoms with Crippen molar-refractivity contribution in [3.63, 3.8) is 0 Å². The number of halogens is 1. The fraction of sp³-hybridized carbons (Fsp3) is 0.190. The summed E-state index contributed by atoms with van der Waals surface area (Å²) in [7, 11) is 0. The number of rotatable bonds is 9. The SMILES string of the molecule is C=CCc1cc(C=CC(=O)O)cc(OCC)c1OCc1ccc(Br)cc1. The van der Waals surface area contributed by atoms with Crippen LogP contribution in [0.25, 0.3) is 6.08 Å². The third kappa shape index (κ3) is 5.77. The molecule has 2 aromatic rings. The smallest absolute Gasteiger partial charge is 0.328 e. The standard InChI is InChI=1S/C21H21BrO4/c1-3-5-17-12-16(8-11-20(23)24)13-19(25-4-2)21(17)26-14-15-6-9-18(22)10-7-15/h3,6-13H,1,4-5,14H2,2H3,(H,23,24). The number of benzene rings is 2. The minimum atomic E-state index is -0.996. The molecule has 0 spiro atoms. The molecule has 0 saturated heterocycles. The first kappa shape index (κ1) is 19.8. The molecule has 2 aromatic carbocycles. The van der Waals surface area contributed by atoms with Gasteiger partial charge in [-0.15, -0.1) is 6.58 Å². The van der Waals surface area contributed by atoms with E-state index in [1.165, 1.54) is 6.08 Å². The number of carbonyl (C=O) groups is 1. The Balaban J connectivity index is 2.35. The summed E-state index contributed by atoms with van der Waals surface area (Å²) in [5, 5.41) is 8.84. The van der Waals surface area contributed by atoms with Crippen LogP contribution in [0.1, 0.15) is 23.6 Å². The maximum atomic E-state index is 10.8. The van der Waals surface area contributed by atoms with Crippen molar-refractivity contribution in [2.45, 2.75) is 20.0 Å². The molecule has 0 bridgehead atoms. The number of hydrogen-bond acceptors (Lipinski definition) is 3. The molecule has 0 radical (unpaired) electrons. The second kappa shape index (κ2) is 9.82. The average molecular weight is 417 g/mol. The zero-order valence-corrected chi connectivity index (χ0v) is 16.2. The second-order valence-corrected chi connectivity index (χ2v) is 6.44. The number of ether oxygens (including phenoxy) is 2. The highest BCUT2D eigenvalue weighted by molar-refractivity contribution is 9.10. The maximum Gasteiger partial charge on any atom is 0.328 e. The Morgan fingerprint density at radius 1 is 1.23 bits per heavy atom. The van der Waals surface area contributed by atoms with E-state index in [1.54, 1.807) is 12.1 Å². The Kier molecular flexibility index (Phi) is 7.48. The van der Waals surface area contributed by atoms with Crippen molar-refractivity contribution in [1.29, 1.82) is 0 Å². The van der Waals surface area contributed by atoms with Gasteiger partial charge in [-0.3, -0.25) is 0 Å². The summed E-state index contributed by atoms with van der Waals surface area (Å²) in [4.78, 5) is 10.8. The Labute approximate surface area is 161 Å². The van der Waals surface area contributed by atoms with Crippen molar-refractivity contribution in [3.05, 3.63) is 76.3 Å². The molecule has 136 valence electrons. The summed E-state index contributed by atoms with van der Waals surface area (Å²) in [5.41, 5.74) is 2.67. The van der Waals surface area contributed by atoms with Crippen molar-refractivity contribution in [1.82, 2.24) is 0 Å². The molecule has 1 N–H and O–H groups in total. The number of aliphatic carboxylic acids is 1. The molecule has 0 aliphatic carbocycles. The van der Waals surface area contributed by atoms with Crippen molar-refractivity contribution in [2.24, 2.45) is 0 Å². The van der Waals surface area contributed by atoms with Crippen LogP contribution in [0.15, 0.2) is 59.6 Å². The third-order valence-corrected chi connectivity index (χ3v) is 4.06. The molecule has 0 heterocycles. The van der Waals surface area contributed by atoms with Crippen molar-refractivity contribution in [3.8, 4) is 11.5 Å². The first-order chi connectivity index (χ1) is 12.5. The van der Waals surface area contributed by atoms with Crippen LogP contribution in [0, 0.1) is 0 Å². The molecule has 0 unspecified atom stereocenters. The van der Waals surface area contributed by atoms with Crippen LogP contribution in [0.3, 0.4) is 0 Å². The first-order valence-corrected chi connectivity index (χ1v) is 9.01. The second-order valence-electron chi connectivity index (χ2n) is 5.52. The highest BCUT2D eigenvalue weighted by Gasteiger charge is 2.13. The van der Waals surface area contributed by atoms with E-state index in [-0.39, 0.29) is 0 Å². The topological polar surface area (TPSA) is 55.8 Å². The van der Waals surface area contributed by atoms with Crippen LogP contribution >= 0.6 is 15.9 Å². The van der Waals surface area contributed by atoms with Gasteiger partial charge < -0.3 is 14.6 Å². The number of hydrogen-bond donors (Lipinski definition) is 1. The van der Waals surface area contributed by atoms with Gasteiger partial charge in [-0.2, -0.15) is 0 Å². The van der Waals surface area contributed by atoms with Gasteiger partial charge >= 0.3 is 5.97 Å². The third-order valence-electron chi connectivity index (χ3n) is 3.53. The molecule has 0 aromatic heterocycles. The lowest BCUT2D eigenvalue weighted by atomic mass is 10.0. The predicted molar refractivity (Wildman–Crippen MR) is 107 cm³/mol. The summed E-state index contributed by atoms with van der Waals surface area (Å²) in [6.45, 7) is 6.57. The summed E-state index contributed by atoms with van der Waals surface area (Å²) < 4.78 is 12.8. The van der Waals surface area contributed by atoms with E-state index in [4.69, 9.17) is 14.6 Å². The number of carboxylic acids is 1. The zero-order valence-electron chi connectivity index (χ0n) is 14.6. The van der Waals surface area contributed by atoms with Gasteiger partial charge in [-0.05, 0) is 54.8 Å². The molecular formula is C21H21BrO4. The lowest BCUT2D eigenvalue weighted by Crippen LogP contribution is -2.03. The van der Waals surface area contributed by atoms with Crippen molar-refractivity contribution in [2.75, 3.05) is 6.61 Å². The number of carboxylic acid groups (broad SMARTS) is 1. The molecule has 5 heteroatoms. The monoisotopic (exact) mass is 416 g/mol. The number of allylic oxidation sites excluding steroid dienone is 1. The van der Waals surface area contributed by atoms with E-state index in [2.05, 4.69) is 22.5 Å². The largest absolute Gasteiger partial charge is 0.490 e. The average Bonchev–Trinajstić information content (AvgIpc) is 2.61. The molecule has 26 heavy (non-hydrogen) atoms. The normalized spacial score (nSPS) is 10.7. The fourth-order valence-corrected chi connectivity index (χ4v) is 2.68. The van der Waals surface area contributed by atoms with Crippen molar-refractivity contribution >= 4 is 28.0 Å². The fourth-order valence-electron chi connectivity index (χ4n) is 2.42. The van der Waals surface area contributed by atoms with Gasteiger partial charge in [0.1, 0.15) is 6.61 Å². The first-order valence-electron chi connectivity index (χ1n) is 8.22. The lowest BCUT2D eigenvalue weighted by Gasteiger charge is -2.17. The van der Waals surface area contributed by atoms with E-state index < -0.39 is 5.97 Å². The highest BCUT2D eigenvalue weighted by Crippen LogP contribution is 2.35. The quantitative estimate of drug-likeness (QED) is 0.447. The summed E-state index contributed by atoms with van der Waals surface area (Å²) in [6.07, 6.45) is 5.01. The van der Waals surface area contributed by atoms with Crippen LogP contribution in [0.2, 0.25) is 0 Å². The molecular weight excluding hydrogens is 396 g/mol. The Hall–Kier alpha value is -2.53. The van der Waals surface area contributed by atoms with Crippen LogP contribution in [-0.4, -0.2) is 17.7 Å². The van der Waals surface area contributed by atoms with E-state index in [1.807, 2.05) is 37.3 Å². The van der Waals surface area contributed by atoms with E-state index in [0.29, 0.717) is 31.1 Å². The minimum absolute atomic E-state index is 0.405. The van der Waals surface area contributed by atoms with Gasteiger partial charge in [-0.1, -0.05) is 34.1 Å². The van der Waals surface area contributed by atoms with Crippen molar-refractivity contribution < 1.29 is 19.4 Å². The molecule has 0 amide bonds. The Bertz CT molecular complexity index is 794. The maximum absolute atomic E-state index is 10.8. The van der Waals surface area contributed by atoms with Gasteiger partial charge in [0, 0.05) is 16.1 Å². The van der Waals surface area contributed by atoms with Crippen LogP contribution in [0.5, 0.6) is 11.5 Å². The summed E-state index contributed by atoms with van der Waals surface area (Å²) in [5.74, 6) is 0.250. The van der Waals surface area contributed by atoms with Gasteiger partial charge in [0.15, 0.2) is 11.5 Å². The molecule has 0 fully saturated rings. The van der Waals surface area contributed by atoms with E-state index >= 15 is 0 Å². The molecule has 0 saturated carbocycles. The molecule has 0 aliphatic heterocycles.